The molecular weight excluding hydrogens is 306 g/mol. The van der Waals surface area contributed by atoms with Crippen molar-refractivity contribution >= 4 is 23.3 Å². The van der Waals surface area contributed by atoms with Gasteiger partial charge >= 0.3 is 5.97 Å². The highest BCUT2D eigenvalue weighted by Crippen LogP contribution is 2.16. The van der Waals surface area contributed by atoms with Crippen LogP contribution in [-0.2, 0) is 9.53 Å². The number of methoxy groups -OCH3 is 1. The first-order valence-corrected chi connectivity index (χ1v) is 6.67. The van der Waals surface area contributed by atoms with E-state index in [2.05, 4.69) is 15.4 Å². The molecule has 2 aromatic rings. The van der Waals surface area contributed by atoms with Crippen LogP contribution in [-0.4, -0.2) is 25.5 Å². The zero-order valence-corrected chi connectivity index (χ0v) is 12.2. The number of esters is 1. The zero-order valence-electron chi connectivity index (χ0n) is 12.2. The highest BCUT2D eigenvalue weighted by molar-refractivity contribution is 5.98. The Morgan fingerprint density at radius 3 is 2.39 bits per heavy atom. The third-order valence-electron chi connectivity index (χ3n) is 2.92. The molecule has 5 nitrogen and oxygen atoms in total. The van der Waals surface area contributed by atoms with Crippen molar-refractivity contribution in [2.24, 2.45) is 0 Å². The molecule has 0 fully saturated rings. The number of benzene rings is 2. The Bertz CT molecular complexity index is 715. The van der Waals surface area contributed by atoms with Crippen LogP contribution in [0.25, 0.3) is 0 Å². The standard InChI is InChI=1S/C16H14F2N2O3/c1-23-16(22)13-4-2-3-5-14(13)19-9-15(21)20-12-7-10(17)6-11(18)8-12/h2-8,19H,9H2,1H3,(H,20,21). The molecular formula is C16H14F2N2O3. The molecule has 0 spiro atoms. The molecule has 0 unspecified atom stereocenters. The summed E-state index contributed by atoms with van der Waals surface area (Å²) in [7, 11) is 1.25. The van der Waals surface area contributed by atoms with Crippen LogP contribution in [0.2, 0.25) is 0 Å². The number of hydrogen-bond acceptors (Lipinski definition) is 4. The van der Waals surface area contributed by atoms with Gasteiger partial charge in [0, 0.05) is 17.4 Å². The van der Waals surface area contributed by atoms with Crippen molar-refractivity contribution in [3.8, 4) is 0 Å². The first-order valence-electron chi connectivity index (χ1n) is 6.67. The van der Waals surface area contributed by atoms with Gasteiger partial charge < -0.3 is 15.4 Å². The average molecular weight is 320 g/mol. The highest BCUT2D eigenvalue weighted by Gasteiger charge is 2.12. The van der Waals surface area contributed by atoms with Crippen LogP contribution in [0.3, 0.4) is 0 Å². The molecule has 2 rings (SSSR count). The molecule has 0 aliphatic carbocycles. The number of hydrogen-bond donors (Lipinski definition) is 2. The second-order valence-corrected chi connectivity index (χ2v) is 4.60. The SMILES string of the molecule is COC(=O)c1ccccc1NCC(=O)Nc1cc(F)cc(F)c1. The summed E-state index contributed by atoms with van der Waals surface area (Å²) in [4.78, 5) is 23.4. The number of nitrogens with one attached hydrogen (secondary N) is 2. The van der Waals surface area contributed by atoms with Crippen molar-refractivity contribution in [3.05, 3.63) is 59.7 Å². The Kier molecular flexibility index (Phi) is 5.24. The maximum atomic E-state index is 13.1. The minimum atomic E-state index is -0.788. The van der Waals surface area contributed by atoms with Gasteiger partial charge in [-0.25, -0.2) is 13.6 Å². The molecule has 120 valence electrons. The monoisotopic (exact) mass is 320 g/mol. The van der Waals surface area contributed by atoms with Crippen molar-refractivity contribution in [1.29, 1.82) is 0 Å². The zero-order chi connectivity index (χ0) is 16.8. The molecule has 0 atom stereocenters. The molecule has 2 aromatic carbocycles. The first-order chi connectivity index (χ1) is 11.0. The van der Waals surface area contributed by atoms with Crippen molar-refractivity contribution < 1.29 is 23.1 Å². The van der Waals surface area contributed by atoms with Crippen LogP contribution in [0.5, 0.6) is 0 Å². The molecule has 0 saturated carbocycles. The molecule has 1 amide bonds. The van der Waals surface area contributed by atoms with Crippen LogP contribution >= 0.6 is 0 Å². The van der Waals surface area contributed by atoms with Crippen LogP contribution < -0.4 is 10.6 Å². The third-order valence-corrected chi connectivity index (χ3v) is 2.92. The molecule has 2 N–H and O–H groups in total. The van der Waals surface area contributed by atoms with Gasteiger partial charge in [-0.2, -0.15) is 0 Å². The van der Waals surface area contributed by atoms with Crippen LogP contribution in [0.15, 0.2) is 42.5 Å². The molecule has 0 saturated heterocycles. The van der Waals surface area contributed by atoms with Gasteiger partial charge in [0.2, 0.25) is 5.91 Å². The van der Waals surface area contributed by atoms with E-state index in [0.717, 1.165) is 12.1 Å². The molecule has 7 heteroatoms. The molecule has 0 aliphatic rings. The topological polar surface area (TPSA) is 67.4 Å². The predicted molar refractivity (Wildman–Crippen MR) is 81.3 cm³/mol. The minimum absolute atomic E-state index is 0.00977. The summed E-state index contributed by atoms with van der Waals surface area (Å²) in [5, 5.41) is 5.14. The number of amides is 1. The fourth-order valence-corrected chi connectivity index (χ4v) is 1.93. The van der Waals surface area contributed by atoms with Crippen LogP contribution in [0.4, 0.5) is 20.2 Å². The predicted octanol–water partition coefficient (Wildman–Crippen LogP) is 2.80. The van der Waals surface area contributed by atoms with Gasteiger partial charge in [-0.05, 0) is 24.3 Å². The van der Waals surface area contributed by atoms with Crippen LogP contribution in [0, 0.1) is 11.6 Å². The van der Waals surface area contributed by atoms with Gasteiger partial charge in [-0.3, -0.25) is 4.79 Å². The number of anilines is 2. The summed E-state index contributed by atoms with van der Waals surface area (Å²) in [6.45, 7) is -0.188. The second kappa shape index (κ2) is 7.35. The summed E-state index contributed by atoms with van der Waals surface area (Å²) in [5.74, 6) is -2.64. The quantitative estimate of drug-likeness (QED) is 0.831. The Morgan fingerprint density at radius 1 is 1.09 bits per heavy atom. The van der Waals surface area contributed by atoms with Gasteiger partial charge in [-0.15, -0.1) is 0 Å². The lowest BCUT2D eigenvalue weighted by Crippen LogP contribution is -2.22. The Labute approximate surface area is 131 Å². The number of ether oxygens (including phenoxy) is 1. The van der Waals surface area contributed by atoms with Crippen molar-refractivity contribution in [3.63, 3.8) is 0 Å². The lowest BCUT2D eigenvalue weighted by atomic mass is 10.2. The lowest BCUT2D eigenvalue weighted by molar-refractivity contribution is -0.114. The Morgan fingerprint density at radius 2 is 1.74 bits per heavy atom. The van der Waals surface area contributed by atoms with Crippen molar-refractivity contribution in [2.75, 3.05) is 24.3 Å². The van der Waals surface area contributed by atoms with Gasteiger partial charge in [-0.1, -0.05) is 12.1 Å². The van der Waals surface area contributed by atoms with Gasteiger partial charge in [0.15, 0.2) is 0 Å². The molecule has 0 radical (unpaired) electrons. The largest absolute Gasteiger partial charge is 0.465 e. The summed E-state index contributed by atoms with van der Waals surface area (Å²) in [6, 6.07) is 9.23. The van der Waals surface area contributed by atoms with Gasteiger partial charge in [0.1, 0.15) is 11.6 Å². The second-order valence-electron chi connectivity index (χ2n) is 4.60. The maximum absolute atomic E-state index is 13.1. The molecule has 0 bridgehead atoms. The van der Waals surface area contributed by atoms with E-state index < -0.39 is 23.5 Å². The first kappa shape index (κ1) is 16.4. The van der Waals surface area contributed by atoms with Crippen molar-refractivity contribution in [2.45, 2.75) is 0 Å². The van der Waals surface area contributed by atoms with Crippen molar-refractivity contribution in [1.82, 2.24) is 0 Å². The fourth-order valence-electron chi connectivity index (χ4n) is 1.93. The third kappa shape index (κ3) is 4.50. The normalized spacial score (nSPS) is 10.0. The maximum Gasteiger partial charge on any atom is 0.339 e. The van der Waals surface area contributed by atoms with E-state index in [9.17, 15) is 18.4 Å². The summed E-state index contributed by atoms with van der Waals surface area (Å²) in [5.41, 5.74) is 0.704. The molecule has 0 aromatic heterocycles. The number of para-hydroxylation sites is 1. The number of rotatable bonds is 5. The van der Waals surface area contributed by atoms with Gasteiger partial charge in [0.05, 0.1) is 19.2 Å². The number of carbonyl (C=O) groups is 2. The van der Waals surface area contributed by atoms with Gasteiger partial charge in [0.25, 0.3) is 0 Å². The molecule has 0 aliphatic heterocycles. The summed E-state index contributed by atoms with van der Waals surface area (Å²) in [6.07, 6.45) is 0. The van der Waals surface area contributed by atoms with Crippen LogP contribution in [0.1, 0.15) is 10.4 Å². The van der Waals surface area contributed by atoms with E-state index in [1.807, 2.05) is 0 Å². The average Bonchev–Trinajstić information content (AvgIpc) is 2.51. The minimum Gasteiger partial charge on any atom is -0.465 e. The van der Waals surface area contributed by atoms with E-state index in [0.29, 0.717) is 11.8 Å². The highest BCUT2D eigenvalue weighted by atomic mass is 19.1. The number of halogens is 2. The number of carbonyl (C=O) groups excluding carboxylic acids is 2. The molecule has 0 heterocycles. The summed E-state index contributed by atoms with van der Waals surface area (Å²) < 4.78 is 30.7. The smallest absolute Gasteiger partial charge is 0.339 e. The lowest BCUT2D eigenvalue weighted by Gasteiger charge is -2.11. The van der Waals surface area contributed by atoms with E-state index in [-0.39, 0.29) is 17.8 Å². The van der Waals surface area contributed by atoms with E-state index in [1.165, 1.54) is 7.11 Å². The Balaban J connectivity index is 2.01. The molecule has 23 heavy (non-hydrogen) atoms. The van der Waals surface area contributed by atoms with E-state index in [1.54, 1.807) is 24.3 Å². The van der Waals surface area contributed by atoms with E-state index in [4.69, 9.17) is 0 Å². The summed E-state index contributed by atoms with van der Waals surface area (Å²) >= 11 is 0. The Hall–Kier alpha value is -2.96. The fraction of sp³-hybridized carbons (Fsp3) is 0.125. The van der Waals surface area contributed by atoms with E-state index >= 15 is 0 Å².